The Balaban J connectivity index is 1.63. The Morgan fingerprint density at radius 1 is 0.967 bits per heavy atom. The summed E-state index contributed by atoms with van der Waals surface area (Å²) in [5.41, 5.74) is 4.32. The fraction of sp³-hybridized carbons (Fsp3) is 0.200. The molecule has 1 N–H and O–H groups in total. The van der Waals surface area contributed by atoms with Crippen molar-refractivity contribution < 1.29 is 14.3 Å². The number of anilines is 1. The third-order valence-electron chi connectivity index (χ3n) is 5.41. The van der Waals surface area contributed by atoms with Crippen LogP contribution in [0.4, 0.5) is 5.69 Å². The number of hydrogen-bond donors (Lipinski definition) is 1. The van der Waals surface area contributed by atoms with Crippen molar-refractivity contribution in [2.75, 3.05) is 12.4 Å². The lowest BCUT2D eigenvalue weighted by Crippen LogP contribution is -2.15. The van der Waals surface area contributed by atoms with Crippen LogP contribution >= 0.6 is 0 Å². The van der Waals surface area contributed by atoms with Gasteiger partial charge in [0.25, 0.3) is 0 Å². The zero-order valence-electron chi connectivity index (χ0n) is 17.4. The lowest BCUT2D eigenvalue weighted by molar-refractivity contribution is -0.115. The third-order valence-corrected chi connectivity index (χ3v) is 5.41. The maximum Gasteiger partial charge on any atom is 0.228 e. The van der Waals surface area contributed by atoms with Crippen LogP contribution in [-0.2, 0) is 17.8 Å². The van der Waals surface area contributed by atoms with Gasteiger partial charge in [0.2, 0.25) is 5.91 Å². The number of nitrogens with zero attached hydrogens (tertiary/aromatic N) is 1. The summed E-state index contributed by atoms with van der Waals surface area (Å²) in [5.74, 6) is 0.390. The van der Waals surface area contributed by atoms with Crippen LogP contribution in [0, 0.1) is 0 Å². The van der Waals surface area contributed by atoms with Gasteiger partial charge < -0.3 is 14.6 Å². The number of carbonyl (C=O) groups excluding carboxylic acids is 2. The van der Waals surface area contributed by atoms with Gasteiger partial charge in [0.15, 0.2) is 5.78 Å². The van der Waals surface area contributed by atoms with Gasteiger partial charge in [-0.25, -0.2) is 0 Å². The first kappa shape index (κ1) is 19.7. The summed E-state index contributed by atoms with van der Waals surface area (Å²) in [6.07, 6.45) is 0.124. The van der Waals surface area contributed by atoms with E-state index in [1.165, 1.54) is 17.8 Å². The monoisotopic (exact) mass is 400 g/mol. The molecular weight excluding hydrogens is 376 g/mol. The van der Waals surface area contributed by atoms with E-state index in [4.69, 9.17) is 4.74 Å². The highest BCUT2D eigenvalue weighted by atomic mass is 16.5. The molecule has 1 heterocycles. The Morgan fingerprint density at radius 3 is 2.47 bits per heavy atom. The number of benzene rings is 3. The zero-order chi connectivity index (χ0) is 21.3. The minimum atomic E-state index is -0.160. The second-order valence-electron chi connectivity index (χ2n) is 7.30. The molecule has 0 fully saturated rings. The number of ether oxygens (including phenoxy) is 1. The lowest BCUT2D eigenvalue weighted by Gasteiger charge is -2.11. The lowest BCUT2D eigenvalue weighted by atomic mass is 10.0. The van der Waals surface area contributed by atoms with E-state index >= 15 is 0 Å². The molecule has 0 unspecified atom stereocenters. The summed E-state index contributed by atoms with van der Waals surface area (Å²) in [4.78, 5) is 24.4. The van der Waals surface area contributed by atoms with Crippen molar-refractivity contribution in [2.45, 2.75) is 26.8 Å². The van der Waals surface area contributed by atoms with E-state index in [0.29, 0.717) is 16.9 Å². The summed E-state index contributed by atoms with van der Waals surface area (Å²) in [6.45, 7) is 4.51. The van der Waals surface area contributed by atoms with Crippen molar-refractivity contribution in [2.24, 2.45) is 0 Å². The molecular formula is C25H24N2O3. The Bertz CT molecular complexity index is 1270. The molecule has 1 aromatic heterocycles. The molecule has 0 saturated heterocycles. The maximum absolute atomic E-state index is 12.7. The molecule has 0 aliphatic carbocycles. The predicted molar refractivity (Wildman–Crippen MR) is 120 cm³/mol. The number of hydrogen-bond acceptors (Lipinski definition) is 3. The Morgan fingerprint density at radius 2 is 1.73 bits per heavy atom. The molecule has 0 radical (unpaired) electrons. The topological polar surface area (TPSA) is 60.3 Å². The number of methoxy groups -OCH3 is 1. The Hall–Kier alpha value is -3.60. The van der Waals surface area contributed by atoms with E-state index in [9.17, 15) is 9.59 Å². The first-order valence-electron chi connectivity index (χ1n) is 10.0. The largest absolute Gasteiger partial charge is 0.496 e. The number of Topliss-reactive ketones (excluding diaryl/α,β-unsaturated/α-hetero) is 1. The van der Waals surface area contributed by atoms with Crippen molar-refractivity contribution in [3.63, 3.8) is 0 Å². The fourth-order valence-electron chi connectivity index (χ4n) is 3.99. The van der Waals surface area contributed by atoms with Gasteiger partial charge in [-0.2, -0.15) is 0 Å². The van der Waals surface area contributed by atoms with Crippen LogP contribution in [0.3, 0.4) is 0 Å². The van der Waals surface area contributed by atoms with E-state index in [-0.39, 0.29) is 18.1 Å². The summed E-state index contributed by atoms with van der Waals surface area (Å²) >= 11 is 0. The number of para-hydroxylation sites is 1. The molecule has 5 nitrogen and oxygen atoms in total. The fourth-order valence-corrected chi connectivity index (χ4v) is 3.99. The SMILES string of the molecule is CCn1c2ccccc2c2cc(NC(=O)Cc3cc(C(C)=O)ccc3OC)ccc21. The van der Waals surface area contributed by atoms with Crippen LogP contribution in [0.25, 0.3) is 21.8 Å². The molecule has 3 aromatic carbocycles. The minimum absolute atomic E-state index is 0.0444. The number of amides is 1. The number of ketones is 1. The molecule has 30 heavy (non-hydrogen) atoms. The van der Waals surface area contributed by atoms with Crippen molar-refractivity contribution >= 4 is 39.2 Å². The van der Waals surface area contributed by atoms with E-state index in [1.807, 2.05) is 30.3 Å². The first-order valence-corrected chi connectivity index (χ1v) is 10.0. The Labute approximate surface area is 175 Å². The molecule has 4 aromatic rings. The maximum atomic E-state index is 12.7. The van der Waals surface area contributed by atoms with Gasteiger partial charge in [-0.3, -0.25) is 9.59 Å². The number of rotatable bonds is 6. The standard InChI is InChI=1S/C25H24N2O3/c1-4-27-22-8-6-5-7-20(22)21-15-19(10-11-23(21)27)26-25(29)14-18-13-17(16(2)28)9-12-24(18)30-3/h5-13,15H,4,14H2,1-3H3,(H,26,29). The summed E-state index contributed by atoms with van der Waals surface area (Å²) in [7, 11) is 1.56. The van der Waals surface area contributed by atoms with Gasteiger partial charge in [0, 0.05) is 45.2 Å². The normalized spacial score (nSPS) is 11.0. The summed E-state index contributed by atoms with van der Waals surface area (Å²) in [5, 5.41) is 5.27. The number of aryl methyl sites for hydroxylation is 1. The van der Waals surface area contributed by atoms with Crippen LogP contribution in [0.2, 0.25) is 0 Å². The van der Waals surface area contributed by atoms with Gasteiger partial charge in [0.05, 0.1) is 13.5 Å². The minimum Gasteiger partial charge on any atom is -0.496 e. The quantitative estimate of drug-likeness (QED) is 0.452. The van der Waals surface area contributed by atoms with E-state index in [2.05, 4.69) is 28.9 Å². The molecule has 0 bridgehead atoms. The van der Waals surface area contributed by atoms with Crippen LogP contribution in [0.1, 0.15) is 29.8 Å². The third kappa shape index (κ3) is 3.54. The Kier molecular flexibility index (Phi) is 5.27. The van der Waals surface area contributed by atoms with Crippen molar-refractivity contribution in [3.05, 3.63) is 71.8 Å². The van der Waals surface area contributed by atoms with Gasteiger partial charge >= 0.3 is 0 Å². The summed E-state index contributed by atoms with van der Waals surface area (Å²) < 4.78 is 7.63. The average molecular weight is 400 g/mol. The molecule has 0 aliphatic rings. The van der Waals surface area contributed by atoms with E-state index in [1.54, 1.807) is 25.3 Å². The van der Waals surface area contributed by atoms with Crippen LogP contribution in [-0.4, -0.2) is 23.4 Å². The van der Waals surface area contributed by atoms with Crippen molar-refractivity contribution in [1.29, 1.82) is 0 Å². The van der Waals surface area contributed by atoms with Crippen LogP contribution < -0.4 is 10.1 Å². The highest BCUT2D eigenvalue weighted by Gasteiger charge is 2.14. The number of fused-ring (bicyclic) bond motifs is 3. The zero-order valence-corrected chi connectivity index (χ0v) is 17.4. The molecule has 4 rings (SSSR count). The number of nitrogens with one attached hydrogen (secondary N) is 1. The van der Waals surface area contributed by atoms with Crippen LogP contribution in [0.5, 0.6) is 5.75 Å². The molecule has 0 aliphatic heterocycles. The number of carbonyl (C=O) groups is 2. The molecule has 0 saturated carbocycles. The van der Waals surface area contributed by atoms with Crippen LogP contribution in [0.15, 0.2) is 60.7 Å². The number of aromatic nitrogens is 1. The van der Waals surface area contributed by atoms with E-state index in [0.717, 1.165) is 23.1 Å². The second-order valence-corrected chi connectivity index (χ2v) is 7.30. The molecule has 5 heteroatoms. The molecule has 0 spiro atoms. The predicted octanol–water partition coefficient (Wildman–Crippen LogP) is 5.21. The van der Waals surface area contributed by atoms with Gasteiger partial charge in [-0.15, -0.1) is 0 Å². The first-order chi connectivity index (χ1) is 14.5. The summed E-state index contributed by atoms with van der Waals surface area (Å²) in [6, 6.07) is 19.4. The van der Waals surface area contributed by atoms with Gasteiger partial charge in [-0.1, -0.05) is 18.2 Å². The molecule has 0 atom stereocenters. The average Bonchev–Trinajstić information content (AvgIpc) is 3.06. The molecule has 1 amide bonds. The molecule has 152 valence electrons. The highest BCUT2D eigenvalue weighted by Crippen LogP contribution is 2.31. The van der Waals surface area contributed by atoms with Crippen molar-refractivity contribution in [1.82, 2.24) is 4.57 Å². The smallest absolute Gasteiger partial charge is 0.228 e. The second kappa shape index (κ2) is 8.03. The highest BCUT2D eigenvalue weighted by molar-refractivity contribution is 6.10. The van der Waals surface area contributed by atoms with Gasteiger partial charge in [-0.05, 0) is 56.3 Å². The van der Waals surface area contributed by atoms with Crippen molar-refractivity contribution in [3.8, 4) is 5.75 Å². The van der Waals surface area contributed by atoms with Gasteiger partial charge in [0.1, 0.15) is 5.75 Å². The van der Waals surface area contributed by atoms with E-state index < -0.39 is 0 Å².